The van der Waals surface area contributed by atoms with Crippen LogP contribution in [0.15, 0.2) is 18.3 Å². The fourth-order valence-corrected chi connectivity index (χ4v) is 2.98. The number of imidazole rings is 1. The summed E-state index contributed by atoms with van der Waals surface area (Å²) in [5.41, 5.74) is 1.50. The molecule has 116 valence electrons. The highest BCUT2D eigenvalue weighted by Crippen LogP contribution is 2.25. The minimum absolute atomic E-state index is 0.303. The fraction of sp³-hybridized carbons (Fsp3) is 0.400. The molecule has 2 aromatic rings. The van der Waals surface area contributed by atoms with E-state index in [9.17, 15) is 14.7 Å². The first kappa shape index (κ1) is 14.4. The minimum Gasteiger partial charge on any atom is -0.493 e. The predicted molar refractivity (Wildman–Crippen MR) is 78.2 cm³/mol. The van der Waals surface area contributed by atoms with Crippen LogP contribution in [0.4, 0.5) is 0 Å². The van der Waals surface area contributed by atoms with Crippen molar-refractivity contribution < 1.29 is 19.4 Å². The maximum atomic E-state index is 12.8. The van der Waals surface area contributed by atoms with E-state index in [0.29, 0.717) is 42.2 Å². The average Bonchev–Trinajstić information content (AvgIpc) is 3.09. The Labute approximate surface area is 127 Å². The maximum absolute atomic E-state index is 12.8. The summed E-state index contributed by atoms with van der Waals surface area (Å²) in [4.78, 5) is 29.9. The molecule has 1 aliphatic heterocycles. The normalized spacial score (nSPS) is 17.9. The molecule has 0 aliphatic carbocycles. The first-order valence-electron chi connectivity index (χ1n) is 7.10. The number of ether oxygens (including phenoxy) is 1. The first-order valence-corrected chi connectivity index (χ1v) is 7.10. The molecule has 0 bridgehead atoms. The van der Waals surface area contributed by atoms with Crippen molar-refractivity contribution >= 4 is 17.5 Å². The standard InChI is InChI=1S/C15H17N3O4/c1-9-12(14(19)17-7-3-5-10(17)15(20)21)18-8-4-6-11(22-2)13(18)16-9/h4,6,8,10H,3,5,7H2,1-2H3,(H,20,21). The van der Waals surface area contributed by atoms with Gasteiger partial charge in [-0.05, 0) is 31.9 Å². The van der Waals surface area contributed by atoms with E-state index in [0.717, 1.165) is 0 Å². The molecule has 1 saturated heterocycles. The van der Waals surface area contributed by atoms with Crippen LogP contribution in [-0.4, -0.2) is 51.0 Å². The van der Waals surface area contributed by atoms with Crippen LogP contribution in [-0.2, 0) is 4.79 Å². The third kappa shape index (κ3) is 2.09. The van der Waals surface area contributed by atoms with Crippen LogP contribution >= 0.6 is 0 Å². The van der Waals surface area contributed by atoms with Gasteiger partial charge in [-0.2, -0.15) is 0 Å². The number of nitrogens with zero attached hydrogens (tertiary/aromatic N) is 3. The number of methoxy groups -OCH3 is 1. The van der Waals surface area contributed by atoms with E-state index in [4.69, 9.17) is 4.74 Å². The second-order valence-corrected chi connectivity index (χ2v) is 5.31. The molecule has 1 N–H and O–H groups in total. The Bertz CT molecular complexity index is 753. The lowest BCUT2D eigenvalue weighted by Crippen LogP contribution is -2.41. The van der Waals surface area contributed by atoms with Crippen molar-refractivity contribution in [1.29, 1.82) is 0 Å². The third-order valence-corrected chi connectivity index (χ3v) is 4.01. The van der Waals surface area contributed by atoms with Gasteiger partial charge >= 0.3 is 5.97 Å². The number of carbonyl (C=O) groups excluding carboxylic acids is 1. The highest BCUT2D eigenvalue weighted by atomic mass is 16.5. The molecule has 1 unspecified atom stereocenters. The van der Waals surface area contributed by atoms with Gasteiger partial charge in [0, 0.05) is 12.7 Å². The molecule has 3 rings (SSSR count). The van der Waals surface area contributed by atoms with Crippen molar-refractivity contribution in [3.05, 3.63) is 29.7 Å². The summed E-state index contributed by atoms with van der Waals surface area (Å²) in [6.45, 7) is 2.19. The molecule has 7 nitrogen and oxygen atoms in total. The van der Waals surface area contributed by atoms with Crippen LogP contribution in [0, 0.1) is 6.92 Å². The van der Waals surface area contributed by atoms with Crippen molar-refractivity contribution in [3.63, 3.8) is 0 Å². The summed E-state index contributed by atoms with van der Waals surface area (Å²) in [5, 5.41) is 9.26. The van der Waals surface area contributed by atoms with E-state index in [-0.39, 0.29) is 5.91 Å². The van der Waals surface area contributed by atoms with Crippen molar-refractivity contribution in [1.82, 2.24) is 14.3 Å². The van der Waals surface area contributed by atoms with Gasteiger partial charge in [-0.3, -0.25) is 9.20 Å². The molecule has 7 heteroatoms. The second kappa shape index (κ2) is 5.32. The molecule has 0 radical (unpaired) electrons. The van der Waals surface area contributed by atoms with Crippen molar-refractivity contribution in [2.45, 2.75) is 25.8 Å². The largest absolute Gasteiger partial charge is 0.493 e. The number of aromatic nitrogens is 2. The molecule has 1 fully saturated rings. The Kier molecular flexibility index (Phi) is 3.48. The topological polar surface area (TPSA) is 84.1 Å². The van der Waals surface area contributed by atoms with Gasteiger partial charge in [-0.15, -0.1) is 0 Å². The number of carbonyl (C=O) groups is 2. The zero-order valence-electron chi connectivity index (χ0n) is 12.4. The lowest BCUT2D eigenvalue weighted by Gasteiger charge is -2.21. The Morgan fingerprint density at radius 2 is 2.23 bits per heavy atom. The third-order valence-electron chi connectivity index (χ3n) is 4.01. The lowest BCUT2D eigenvalue weighted by atomic mass is 10.2. The van der Waals surface area contributed by atoms with E-state index in [1.54, 1.807) is 36.8 Å². The van der Waals surface area contributed by atoms with Crippen molar-refractivity contribution in [2.24, 2.45) is 0 Å². The number of aliphatic carboxylic acids is 1. The van der Waals surface area contributed by atoms with E-state index in [2.05, 4.69) is 4.98 Å². The van der Waals surface area contributed by atoms with Crippen LogP contribution in [0.1, 0.15) is 29.0 Å². The quantitative estimate of drug-likeness (QED) is 0.925. The number of carboxylic acid groups (broad SMARTS) is 1. The number of amides is 1. The number of hydrogen-bond acceptors (Lipinski definition) is 4. The second-order valence-electron chi connectivity index (χ2n) is 5.31. The average molecular weight is 303 g/mol. The van der Waals surface area contributed by atoms with Gasteiger partial charge in [0.05, 0.1) is 12.8 Å². The van der Waals surface area contributed by atoms with E-state index >= 15 is 0 Å². The fourth-order valence-electron chi connectivity index (χ4n) is 2.98. The van der Waals surface area contributed by atoms with Gasteiger partial charge in [-0.25, -0.2) is 9.78 Å². The van der Waals surface area contributed by atoms with Crippen molar-refractivity contribution in [3.8, 4) is 5.75 Å². The maximum Gasteiger partial charge on any atom is 0.326 e. The predicted octanol–water partition coefficient (Wildman–Crippen LogP) is 1.34. The molecule has 0 aromatic carbocycles. The summed E-state index contributed by atoms with van der Waals surface area (Å²) in [6, 6.07) is 2.77. The van der Waals surface area contributed by atoms with Gasteiger partial charge in [0.15, 0.2) is 11.4 Å². The van der Waals surface area contributed by atoms with Crippen LogP contribution in [0.3, 0.4) is 0 Å². The zero-order chi connectivity index (χ0) is 15.9. The summed E-state index contributed by atoms with van der Waals surface area (Å²) < 4.78 is 6.92. The van der Waals surface area contributed by atoms with Gasteiger partial charge in [0.25, 0.3) is 5.91 Å². The summed E-state index contributed by atoms with van der Waals surface area (Å²) in [6.07, 6.45) is 2.92. The summed E-state index contributed by atoms with van der Waals surface area (Å²) >= 11 is 0. The molecule has 1 atom stereocenters. The molecule has 0 spiro atoms. The van der Waals surface area contributed by atoms with E-state index < -0.39 is 12.0 Å². The molecule has 0 saturated carbocycles. The Morgan fingerprint density at radius 1 is 1.45 bits per heavy atom. The molecule has 1 amide bonds. The van der Waals surface area contributed by atoms with E-state index in [1.807, 2.05) is 0 Å². The molecular formula is C15H17N3O4. The number of likely N-dealkylation sites (tertiary alicyclic amines) is 1. The molecule has 1 aliphatic rings. The number of rotatable bonds is 3. The van der Waals surface area contributed by atoms with Crippen molar-refractivity contribution in [2.75, 3.05) is 13.7 Å². The van der Waals surface area contributed by atoms with Crippen LogP contribution < -0.4 is 4.74 Å². The number of hydrogen-bond donors (Lipinski definition) is 1. The lowest BCUT2D eigenvalue weighted by molar-refractivity contribution is -0.141. The van der Waals surface area contributed by atoms with Gasteiger partial charge in [0.2, 0.25) is 0 Å². The van der Waals surface area contributed by atoms with Gasteiger partial charge in [-0.1, -0.05) is 0 Å². The SMILES string of the molecule is COc1cccn2c(C(=O)N3CCCC3C(=O)O)c(C)nc12. The highest BCUT2D eigenvalue weighted by molar-refractivity contribution is 5.97. The summed E-state index contributed by atoms with van der Waals surface area (Å²) in [5.74, 6) is -0.695. The number of aryl methyl sites for hydroxylation is 1. The van der Waals surface area contributed by atoms with Gasteiger partial charge < -0.3 is 14.7 Å². The number of fused-ring (bicyclic) bond motifs is 1. The number of pyridine rings is 1. The van der Waals surface area contributed by atoms with E-state index in [1.165, 1.54) is 4.90 Å². The molecular weight excluding hydrogens is 286 g/mol. The molecule has 3 heterocycles. The zero-order valence-corrected chi connectivity index (χ0v) is 12.4. The smallest absolute Gasteiger partial charge is 0.326 e. The van der Waals surface area contributed by atoms with Crippen LogP contribution in [0.25, 0.3) is 5.65 Å². The molecule has 22 heavy (non-hydrogen) atoms. The van der Waals surface area contributed by atoms with Crippen LogP contribution in [0.5, 0.6) is 5.75 Å². The Hall–Kier alpha value is -2.57. The monoisotopic (exact) mass is 303 g/mol. The molecule has 2 aromatic heterocycles. The minimum atomic E-state index is -0.963. The Balaban J connectivity index is 2.08. The van der Waals surface area contributed by atoms with Crippen LogP contribution in [0.2, 0.25) is 0 Å². The number of carboxylic acids is 1. The Morgan fingerprint density at radius 3 is 2.91 bits per heavy atom. The highest BCUT2D eigenvalue weighted by Gasteiger charge is 2.36. The first-order chi connectivity index (χ1) is 10.5. The summed E-state index contributed by atoms with van der Waals surface area (Å²) in [7, 11) is 1.54. The van der Waals surface area contributed by atoms with Gasteiger partial charge in [0.1, 0.15) is 11.7 Å².